The highest BCUT2D eigenvalue weighted by atomic mass is 32.2. The van der Waals surface area contributed by atoms with Gasteiger partial charge in [-0.25, -0.2) is 0 Å². The van der Waals surface area contributed by atoms with Crippen LogP contribution in [0.1, 0.15) is 21.2 Å². The van der Waals surface area contributed by atoms with Gasteiger partial charge in [0.1, 0.15) is 11.0 Å². The Morgan fingerprint density at radius 3 is 2.24 bits per heavy atom. The second-order valence-electron chi connectivity index (χ2n) is 6.21. The van der Waals surface area contributed by atoms with Crippen molar-refractivity contribution in [3.05, 3.63) is 96.1 Å². The summed E-state index contributed by atoms with van der Waals surface area (Å²) in [6, 6.07) is 26.4. The van der Waals surface area contributed by atoms with Crippen LogP contribution in [0, 0.1) is 0 Å². The van der Waals surface area contributed by atoms with Gasteiger partial charge in [-0.3, -0.25) is 4.79 Å². The maximum atomic E-state index is 13.3. The van der Waals surface area contributed by atoms with Crippen LogP contribution in [0.4, 0.5) is 0 Å². The number of carbonyl (C=O) groups excluding carboxylic acids is 1. The number of carbonyl (C=O) groups is 1. The summed E-state index contributed by atoms with van der Waals surface area (Å²) in [6.07, 6.45) is 0. The number of ketones is 1. The van der Waals surface area contributed by atoms with Gasteiger partial charge in [-0.05, 0) is 40.3 Å². The third-order valence-electron chi connectivity index (χ3n) is 4.38. The normalized spacial score (nSPS) is 11.8. The number of methoxy groups -OCH3 is 1. The van der Waals surface area contributed by atoms with Crippen LogP contribution >= 0.6 is 11.8 Å². The van der Waals surface area contributed by atoms with Crippen molar-refractivity contribution in [2.45, 2.75) is 10.4 Å². The molecule has 4 rings (SSSR count). The molecule has 7 heteroatoms. The maximum Gasteiger partial charge on any atom is 0.215 e. The summed E-state index contributed by atoms with van der Waals surface area (Å²) in [7, 11) is 1.62. The Kier molecular flexibility index (Phi) is 5.67. The molecule has 0 saturated carbocycles. The number of Topliss-reactive ketones (excluding diaryl/α,β-unsaturated/α-hetero) is 1. The lowest BCUT2D eigenvalue weighted by atomic mass is 10.0. The number of hydrogen-bond donors (Lipinski definition) is 0. The van der Waals surface area contributed by atoms with Crippen molar-refractivity contribution in [1.29, 1.82) is 0 Å². The predicted octanol–water partition coefficient (Wildman–Crippen LogP) is 4.39. The molecule has 0 saturated heterocycles. The molecule has 0 fully saturated rings. The minimum atomic E-state index is -0.471. The van der Waals surface area contributed by atoms with Gasteiger partial charge in [-0.2, -0.15) is 4.68 Å². The van der Waals surface area contributed by atoms with Crippen molar-refractivity contribution in [2.75, 3.05) is 7.11 Å². The Balaban J connectivity index is 1.69. The van der Waals surface area contributed by atoms with E-state index in [1.54, 1.807) is 11.8 Å². The van der Waals surface area contributed by atoms with Crippen LogP contribution in [0.25, 0.3) is 5.69 Å². The molecule has 4 aromatic rings. The quantitative estimate of drug-likeness (QED) is 0.337. The number of ether oxygens (including phenoxy) is 1. The first-order valence-corrected chi connectivity index (χ1v) is 9.88. The molecule has 0 radical (unpaired) electrons. The molecule has 0 aliphatic carbocycles. The lowest BCUT2D eigenvalue weighted by molar-refractivity contribution is 0.0989. The predicted molar refractivity (Wildman–Crippen MR) is 112 cm³/mol. The fourth-order valence-corrected chi connectivity index (χ4v) is 3.97. The minimum Gasteiger partial charge on any atom is -0.497 e. The fraction of sp³-hybridized carbons (Fsp3) is 0.0909. The molecule has 6 nitrogen and oxygen atoms in total. The molecule has 3 aromatic carbocycles. The summed E-state index contributed by atoms with van der Waals surface area (Å²) >= 11 is 1.33. The summed E-state index contributed by atoms with van der Waals surface area (Å²) < 4.78 is 6.83. The number of aromatic nitrogens is 4. The third kappa shape index (κ3) is 4.20. The molecule has 0 bridgehead atoms. The van der Waals surface area contributed by atoms with Crippen LogP contribution in [-0.2, 0) is 0 Å². The van der Waals surface area contributed by atoms with Gasteiger partial charge in [0.2, 0.25) is 5.16 Å². The summed E-state index contributed by atoms with van der Waals surface area (Å²) in [4.78, 5) is 13.3. The average Bonchev–Trinajstić information content (AvgIpc) is 3.26. The van der Waals surface area contributed by atoms with Gasteiger partial charge in [0.15, 0.2) is 5.78 Å². The van der Waals surface area contributed by atoms with Gasteiger partial charge in [0.25, 0.3) is 0 Å². The Morgan fingerprint density at radius 2 is 1.59 bits per heavy atom. The molecule has 0 N–H and O–H groups in total. The third-order valence-corrected chi connectivity index (χ3v) is 5.57. The van der Waals surface area contributed by atoms with Crippen LogP contribution in [0.2, 0.25) is 0 Å². The molecule has 144 valence electrons. The molecule has 0 spiro atoms. The van der Waals surface area contributed by atoms with Crippen molar-refractivity contribution < 1.29 is 9.53 Å². The van der Waals surface area contributed by atoms with Gasteiger partial charge in [-0.15, -0.1) is 5.10 Å². The van der Waals surface area contributed by atoms with E-state index >= 15 is 0 Å². The summed E-state index contributed by atoms with van der Waals surface area (Å²) in [5.74, 6) is 0.753. The molecule has 0 aliphatic rings. The van der Waals surface area contributed by atoms with Crippen LogP contribution in [0.5, 0.6) is 5.75 Å². The second kappa shape index (κ2) is 8.70. The van der Waals surface area contributed by atoms with E-state index in [0.29, 0.717) is 10.7 Å². The topological polar surface area (TPSA) is 69.9 Å². The zero-order valence-electron chi connectivity index (χ0n) is 15.7. The highest BCUT2D eigenvalue weighted by Gasteiger charge is 2.26. The van der Waals surface area contributed by atoms with Crippen molar-refractivity contribution in [1.82, 2.24) is 20.2 Å². The summed E-state index contributed by atoms with van der Waals surface area (Å²) in [6.45, 7) is 0. The van der Waals surface area contributed by atoms with E-state index < -0.39 is 5.25 Å². The molecule has 1 atom stereocenters. The highest BCUT2D eigenvalue weighted by molar-refractivity contribution is 8.00. The van der Waals surface area contributed by atoms with Crippen molar-refractivity contribution in [3.8, 4) is 11.4 Å². The van der Waals surface area contributed by atoms with E-state index in [1.165, 1.54) is 11.8 Å². The Hall–Kier alpha value is -3.45. The van der Waals surface area contributed by atoms with E-state index in [-0.39, 0.29) is 5.78 Å². The van der Waals surface area contributed by atoms with Crippen LogP contribution in [0.3, 0.4) is 0 Å². The Morgan fingerprint density at radius 1 is 0.931 bits per heavy atom. The molecule has 1 heterocycles. The van der Waals surface area contributed by atoms with Crippen molar-refractivity contribution >= 4 is 17.5 Å². The largest absolute Gasteiger partial charge is 0.497 e. The first-order valence-electron chi connectivity index (χ1n) is 9.00. The van der Waals surface area contributed by atoms with Gasteiger partial charge in [0.05, 0.1) is 12.8 Å². The number of hydrogen-bond acceptors (Lipinski definition) is 6. The number of tetrazole rings is 1. The van der Waals surface area contributed by atoms with Crippen molar-refractivity contribution in [3.63, 3.8) is 0 Å². The number of rotatable bonds is 7. The minimum absolute atomic E-state index is 0.00563. The van der Waals surface area contributed by atoms with E-state index in [1.807, 2.05) is 84.9 Å². The monoisotopic (exact) mass is 402 g/mol. The van der Waals surface area contributed by atoms with Gasteiger partial charge in [0, 0.05) is 5.56 Å². The second-order valence-corrected chi connectivity index (χ2v) is 7.28. The molecular weight excluding hydrogens is 384 g/mol. The average molecular weight is 402 g/mol. The molecule has 1 aromatic heterocycles. The van der Waals surface area contributed by atoms with Crippen LogP contribution < -0.4 is 4.74 Å². The van der Waals surface area contributed by atoms with E-state index in [2.05, 4.69) is 15.5 Å². The zero-order valence-corrected chi connectivity index (χ0v) is 16.5. The number of thioether (sulfide) groups is 1. The lowest BCUT2D eigenvalue weighted by Gasteiger charge is -2.15. The Bertz CT molecular complexity index is 1080. The molecule has 0 amide bonds. The van der Waals surface area contributed by atoms with E-state index in [4.69, 9.17) is 4.74 Å². The van der Waals surface area contributed by atoms with Crippen LogP contribution in [-0.4, -0.2) is 33.1 Å². The van der Waals surface area contributed by atoms with Gasteiger partial charge < -0.3 is 4.74 Å². The SMILES string of the molecule is COc1ccc(-n2nnnc2S[C@H](C(=O)c2ccccc2)c2ccccc2)cc1. The first kappa shape index (κ1) is 18.9. The molecular formula is C22H18N4O2S. The smallest absolute Gasteiger partial charge is 0.215 e. The zero-order chi connectivity index (χ0) is 20.1. The Labute approximate surface area is 172 Å². The van der Waals surface area contributed by atoms with E-state index in [9.17, 15) is 4.79 Å². The first-order chi connectivity index (χ1) is 14.3. The number of benzene rings is 3. The fourth-order valence-electron chi connectivity index (χ4n) is 2.90. The molecule has 0 aliphatic heterocycles. The van der Waals surface area contributed by atoms with Gasteiger partial charge in [-0.1, -0.05) is 72.4 Å². The van der Waals surface area contributed by atoms with Gasteiger partial charge >= 0.3 is 0 Å². The van der Waals surface area contributed by atoms with Crippen LogP contribution in [0.15, 0.2) is 90.1 Å². The summed E-state index contributed by atoms with van der Waals surface area (Å²) in [5, 5.41) is 12.1. The highest BCUT2D eigenvalue weighted by Crippen LogP contribution is 2.37. The molecule has 0 unspecified atom stereocenters. The standard InChI is InChI=1S/C22H18N4O2S/c1-28-19-14-12-18(13-15-19)26-22(23-24-25-26)29-21(17-10-6-3-7-11-17)20(27)16-8-4-2-5-9-16/h2-15,21H,1H3/t21-/m0/s1. The molecule has 29 heavy (non-hydrogen) atoms. The maximum absolute atomic E-state index is 13.3. The lowest BCUT2D eigenvalue weighted by Crippen LogP contribution is -2.11. The van der Waals surface area contributed by atoms with Crippen molar-refractivity contribution in [2.24, 2.45) is 0 Å². The number of nitrogens with zero attached hydrogens (tertiary/aromatic N) is 4. The summed E-state index contributed by atoms with van der Waals surface area (Å²) in [5.41, 5.74) is 2.34. The van der Waals surface area contributed by atoms with E-state index in [0.717, 1.165) is 17.0 Å².